The first-order valence-electron chi connectivity index (χ1n) is 6.76. The second-order valence-corrected chi connectivity index (χ2v) is 5.53. The Hall–Kier alpha value is -1.82. The molecule has 0 heterocycles. The highest BCUT2D eigenvalue weighted by atomic mass is 16.4. The lowest BCUT2D eigenvalue weighted by Crippen LogP contribution is -2.38. The number of rotatable bonds is 2. The fourth-order valence-corrected chi connectivity index (χ4v) is 3.03. The van der Waals surface area contributed by atoms with Crippen LogP contribution in [0.4, 0.5) is 0 Å². The van der Waals surface area contributed by atoms with Crippen LogP contribution in [-0.4, -0.2) is 11.1 Å². The highest BCUT2D eigenvalue weighted by Crippen LogP contribution is 2.40. The lowest BCUT2D eigenvalue weighted by atomic mass is 9.68. The standard InChI is InChI=1S/C16H19NO2/c1-11-8-14(9-13(10-17)12(11)2)16(15(18)19)6-4-3-5-7-16/h8-9H,3-7H2,1-2H3,(H,18,19). The fraction of sp³-hybridized carbons (Fsp3) is 0.500. The summed E-state index contributed by atoms with van der Waals surface area (Å²) >= 11 is 0. The molecule has 1 aromatic rings. The lowest BCUT2D eigenvalue weighted by Gasteiger charge is -2.34. The second kappa shape index (κ2) is 5.05. The van der Waals surface area contributed by atoms with Crippen LogP contribution in [0, 0.1) is 25.2 Å². The number of nitrogens with zero attached hydrogens (tertiary/aromatic N) is 1. The van der Waals surface area contributed by atoms with E-state index in [1.54, 1.807) is 6.07 Å². The van der Waals surface area contributed by atoms with Crippen molar-refractivity contribution >= 4 is 5.97 Å². The van der Waals surface area contributed by atoms with Gasteiger partial charge in [0.1, 0.15) is 0 Å². The van der Waals surface area contributed by atoms with E-state index in [4.69, 9.17) is 0 Å². The number of aliphatic carboxylic acids is 1. The molecule has 0 unspecified atom stereocenters. The van der Waals surface area contributed by atoms with Gasteiger partial charge in [-0.15, -0.1) is 0 Å². The highest BCUT2D eigenvalue weighted by molar-refractivity contribution is 5.82. The van der Waals surface area contributed by atoms with Gasteiger partial charge in [-0.2, -0.15) is 5.26 Å². The van der Waals surface area contributed by atoms with E-state index in [-0.39, 0.29) is 0 Å². The largest absolute Gasteiger partial charge is 0.481 e. The maximum atomic E-state index is 11.8. The zero-order valence-electron chi connectivity index (χ0n) is 11.5. The molecule has 0 amide bonds. The van der Waals surface area contributed by atoms with Crippen molar-refractivity contribution < 1.29 is 9.90 Å². The summed E-state index contributed by atoms with van der Waals surface area (Å²) in [5, 5.41) is 18.9. The minimum Gasteiger partial charge on any atom is -0.481 e. The first kappa shape index (κ1) is 13.6. The number of carbonyl (C=O) groups is 1. The molecule has 1 aliphatic carbocycles. The smallest absolute Gasteiger partial charge is 0.314 e. The molecule has 0 aliphatic heterocycles. The van der Waals surface area contributed by atoms with Crippen LogP contribution in [0.2, 0.25) is 0 Å². The first-order valence-corrected chi connectivity index (χ1v) is 6.76. The number of hydrogen-bond acceptors (Lipinski definition) is 2. The van der Waals surface area contributed by atoms with Crippen molar-refractivity contribution in [1.82, 2.24) is 0 Å². The van der Waals surface area contributed by atoms with Gasteiger partial charge in [0.05, 0.1) is 17.0 Å². The number of carboxylic acids is 1. The van der Waals surface area contributed by atoms with Crippen LogP contribution >= 0.6 is 0 Å². The molecular formula is C16H19NO2. The first-order chi connectivity index (χ1) is 9.01. The van der Waals surface area contributed by atoms with Crippen LogP contribution in [0.25, 0.3) is 0 Å². The third-order valence-electron chi connectivity index (χ3n) is 4.46. The van der Waals surface area contributed by atoms with E-state index in [9.17, 15) is 15.2 Å². The SMILES string of the molecule is Cc1cc(C2(C(=O)O)CCCCC2)cc(C#N)c1C. The molecule has 100 valence electrons. The van der Waals surface area contributed by atoms with Gasteiger partial charge in [-0.05, 0) is 49.4 Å². The molecule has 3 nitrogen and oxygen atoms in total. The summed E-state index contributed by atoms with van der Waals surface area (Å²) in [7, 11) is 0. The van der Waals surface area contributed by atoms with E-state index in [0.29, 0.717) is 18.4 Å². The number of hydrogen-bond donors (Lipinski definition) is 1. The van der Waals surface area contributed by atoms with Gasteiger partial charge >= 0.3 is 5.97 Å². The molecule has 1 aliphatic rings. The van der Waals surface area contributed by atoms with Gasteiger partial charge in [0.25, 0.3) is 0 Å². The van der Waals surface area contributed by atoms with E-state index in [1.165, 1.54) is 0 Å². The van der Waals surface area contributed by atoms with Crippen molar-refractivity contribution in [2.75, 3.05) is 0 Å². The van der Waals surface area contributed by atoms with Gasteiger partial charge < -0.3 is 5.11 Å². The van der Waals surface area contributed by atoms with Gasteiger partial charge in [0.15, 0.2) is 0 Å². The van der Waals surface area contributed by atoms with E-state index >= 15 is 0 Å². The Balaban J connectivity index is 2.58. The Morgan fingerprint density at radius 3 is 2.42 bits per heavy atom. The molecule has 1 fully saturated rings. The topological polar surface area (TPSA) is 61.1 Å². The zero-order chi connectivity index (χ0) is 14.0. The van der Waals surface area contributed by atoms with Crippen molar-refractivity contribution in [3.8, 4) is 6.07 Å². The van der Waals surface area contributed by atoms with Crippen molar-refractivity contribution in [2.45, 2.75) is 51.4 Å². The molecular weight excluding hydrogens is 238 g/mol. The van der Waals surface area contributed by atoms with E-state index in [1.807, 2.05) is 19.9 Å². The van der Waals surface area contributed by atoms with Gasteiger partial charge in [-0.3, -0.25) is 4.79 Å². The van der Waals surface area contributed by atoms with Crippen LogP contribution in [0.1, 0.15) is 54.4 Å². The summed E-state index contributed by atoms with van der Waals surface area (Å²) in [6.45, 7) is 3.85. The van der Waals surface area contributed by atoms with E-state index in [0.717, 1.165) is 36.0 Å². The molecule has 0 radical (unpaired) electrons. The minimum absolute atomic E-state index is 0.598. The van der Waals surface area contributed by atoms with Crippen LogP contribution < -0.4 is 0 Å². The third-order valence-corrected chi connectivity index (χ3v) is 4.46. The lowest BCUT2D eigenvalue weighted by molar-refractivity contribution is -0.145. The maximum absolute atomic E-state index is 11.8. The molecule has 3 heteroatoms. The Morgan fingerprint density at radius 2 is 1.89 bits per heavy atom. The predicted molar refractivity (Wildman–Crippen MR) is 73.0 cm³/mol. The molecule has 19 heavy (non-hydrogen) atoms. The molecule has 0 saturated heterocycles. The Bertz CT molecular complexity index is 549. The Kier molecular flexibility index (Phi) is 3.61. The second-order valence-electron chi connectivity index (χ2n) is 5.53. The summed E-state index contributed by atoms with van der Waals surface area (Å²) in [4.78, 5) is 11.8. The third kappa shape index (κ3) is 2.23. The fourth-order valence-electron chi connectivity index (χ4n) is 3.03. The van der Waals surface area contributed by atoms with Crippen molar-refractivity contribution in [3.05, 3.63) is 34.4 Å². The van der Waals surface area contributed by atoms with E-state index in [2.05, 4.69) is 6.07 Å². The van der Waals surface area contributed by atoms with Gasteiger partial charge in [0.2, 0.25) is 0 Å². The predicted octanol–water partition coefficient (Wildman–Crippen LogP) is 3.46. The van der Waals surface area contributed by atoms with Gasteiger partial charge in [0, 0.05) is 0 Å². The Labute approximate surface area is 113 Å². The molecule has 0 atom stereocenters. The van der Waals surface area contributed by atoms with Crippen LogP contribution in [0.15, 0.2) is 12.1 Å². The van der Waals surface area contributed by atoms with Gasteiger partial charge in [-0.1, -0.05) is 25.3 Å². The number of benzene rings is 1. The number of carboxylic acid groups (broad SMARTS) is 1. The molecule has 0 spiro atoms. The average Bonchev–Trinajstić information content (AvgIpc) is 2.42. The number of aryl methyl sites for hydroxylation is 1. The number of nitriles is 1. The summed E-state index contributed by atoms with van der Waals surface area (Å²) in [6.07, 6.45) is 4.35. The van der Waals surface area contributed by atoms with E-state index < -0.39 is 11.4 Å². The monoisotopic (exact) mass is 257 g/mol. The molecule has 2 rings (SSSR count). The van der Waals surface area contributed by atoms with Crippen LogP contribution in [-0.2, 0) is 10.2 Å². The summed E-state index contributed by atoms with van der Waals surface area (Å²) in [6, 6.07) is 5.91. The molecule has 0 bridgehead atoms. The molecule has 1 N–H and O–H groups in total. The normalized spacial score (nSPS) is 17.7. The van der Waals surface area contributed by atoms with Crippen LogP contribution in [0.3, 0.4) is 0 Å². The summed E-state index contributed by atoms with van der Waals surface area (Å²) < 4.78 is 0. The quantitative estimate of drug-likeness (QED) is 0.882. The van der Waals surface area contributed by atoms with Crippen molar-refractivity contribution in [1.29, 1.82) is 5.26 Å². The molecule has 1 aromatic carbocycles. The zero-order valence-corrected chi connectivity index (χ0v) is 11.5. The highest BCUT2D eigenvalue weighted by Gasteiger charge is 2.41. The summed E-state index contributed by atoms with van der Waals surface area (Å²) in [5.74, 6) is -0.751. The Morgan fingerprint density at radius 1 is 1.26 bits per heavy atom. The summed E-state index contributed by atoms with van der Waals surface area (Å²) in [5.41, 5.74) is 2.56. The van der Waals surface area contributed by atoms with Crippen molar-refractivity contribution in [2.24, 2.45) is 0 Å². The van der Waals surface area contributed by atoms with Crippen LogP contribution in [0.5, 0.6) is 0 Å². The van der Waals surface area contributed by atoms with Crippen molar-refractivity contribution in [3.63, 3.8) is 0 Å². The van der Waals surface area contributed by atoms with Gasteiger partial charge in [-0.25, -0.2) is 0 Å². The maximum Gasteiger partial charge on any atom is 0.314 e. The molecule has 1 saturated carbocycles. The average molecular weight is 257 g/mol. The molecule has 0 aromatic heterocycles. The minimum atomic E-state index is -0.789.